The van der Waals surface area contributed by atoms with Gasteiger partial charge >= 0.3 is 6.18 Å². The summed E-state index contributed by atoms with van der Waals surface area (Å²) in [5.41, 5.74) is 2.46. The first-order valence-electron chi connectivity index (χ1n) is 12.8. The molecule has 2 heterocycles. The molecule has 0 saturated heterocycles. The van der Waals surface area contributed by atoms with E-state index in [4.69, 9.17) is 0 Å². The Bertz CT molecular complexity index is 1490. The number of aromatic nitrogens is 3. The number of benzene rings is 2. The number of nitrogens with one attached hydrogen (secondary N) is 2. The molecule has 0 aliphatic rings. The second-order valence-electron chi connectivity index (χ2n) is 9.42. The Balaban J connectivity index is 1.37. The second kappa shape index (κ2) is 13.5. The minimum absolute atomic E-state index is 0.267. The Labute approximate surface area is 239 Å². The van der Waals surface area contributed by atoms with E-state index in [1.807, 2.05) is 12.3 Å². The molecular weight excluding hydrogens is 553 g/mol. The number of rotatable bonds is 11. The Kier molecular flexibility index (Phi) is 9.79. The third-order valence-electron chi connectivity index (χ3n) is 6.09. The number of aryl methyl sites for hydroxylation is 1. The van der Waals surface area contributed by atoms with Gasteiger partial charge in [0.2, 0.25) is 0 Å². The zero-order chi connectivity index (χ0) is 29.4. The van der Waals surface area contributed by atoms with Crippen molar-refractivity contribution in [2.45, 2.75) is 32.6 Å². The van der Waals surface area contributed by atoms with Gasteiger partial charge in [-0.15, -0.1) is 11.3 Å². The van der Waals surface area contributed by atoms with Crippen molar-refractivity contribution in [2.75, 3.05) is 20.1 Å². The van der Waals surface area contributed by atoms with Gasteiger partial charge in [0.25, 0.3) is 11.8 Å². The number of alkyl halides is 3. The van der Waals surface area contributed by atoms with E-state index >= 15 is 0 Å². The van der Waals surface area contributed by atoms with Gasteiger partial charge < -0.3 is 15.5 Å². The summed E-state index contributed by atoms with van der Waals surface area (Å²) in [7, 11) is 1.68. The molecule has 2 aromatic carbocycles. The maximum atomic E-state index is 13.3. The SMILES string of the molecule is Cc1csc(CN(C)C(=O)c2cc(C(=O)NCCCNCc3cccc(C(F)(F)F)c3)cc(-c3cnccn3)c2)n1. The number of carbonyl (C=O) groups excluding carboxylic acids is 2. The summed E-state index contributed by atoms with van der Waals surface area (Å²) < 4.78 is 38.7. The van der Waals surface area contributed by atoms with E-state index in [1.54, 1.807) is 42.4 Å². The topological polar surface area (TPSA) is 100 Å². The average Bonchev–Trinajstić information content (AvgIpc) is 3.38. The zero-order valence-corrected chi connectivity index (χ0v) is 23.4. The summed E-state index contributed by atoms with van der Waals surface area (Å²) in [6.07, 6.45) is 0.800. The van der Waals surface area contributed by atoms with Crippen LogP contribution >= 0.6 is 11.3 Å². The highest BCUT2D eigenvalue weighted by molar-refractivity contribution is 7.09. The number of thiazole rings is 1. The molecule has 2 N–H and O–H groups in total. The number of nitrogens with zero attached hydrogens (tertiary/aromatic N) is 4. The maximum absolute atomic E-state index is 13.3. The predicted octanol–water partition coefficient (Wildman–Crippen LogP) is 5.11. The molecule has 4 aromatic rings. The lowest BCUT2D eigenvalue weighted by Crippen LogP contribution is -2.29. The normalized spacial score (nSPS) is 11.3. The highest BCUT2D eigenvalue weighted by atomic mass is 32.1. The van der Waals surface area contributed by atoms with Crippen molar-refractivity contribution in [3.8, 4) is 11.3 Å². The minimum atomic E-state index is -4.38. The van der Waals surface area contributed by atoms with Crippen molar-refractivity contribution >= 4 is 23.2 Å². The molecule has 2 aromatic heterocycles. The van der Waals surface area contributed by atoms with Crippen molar-refractivity contribution in [2.24, 2.45) is 0 Å². The van der Waals surface area contributed by atoms with Crippen LogP contribution in [0.3, 0.4) is 0 Å². The summed E-state index contributed by atoms with van der Waals surface area (Å²) in [6, 6.07) is 10.1. The van der Waals surface area contributed by atoms with Gasteiger partial charge in [-0.05, 0) is 49.7 Å². The summed E-state index contributed by atoms with van der Waals surface area (Å²) >= 11 is 1.48. The molecule has 0 unspecified atom stereocenters. The standard InChI is InChI=1S/C29H29F3N6O2S/c1-19-18-41-26(37-19)17-38(2)28(40)23-13-21(25-16-34-9-10-35-25)12-22(14-23)27(39)36-8-4-7-33-15-20-5-3-6-24(11-20)29(30,31)32/h3,5-6,9-14,16,18,33H,4,7-8,15,17H2,1-2H3,(H,36,39). The zero-order valence-electron chi connectivity index (χ0n) is 22.5. The van der Waals surface area contributed by atoms with E-state index in [0.717, 1.165) is 22.8 Å². The van der Waals surface area contributed by atoms with E-state index in [1.165, 1.54) is 29.8 Å². The van der Waals surface area contributed by atoms with Gasteiger partial charge in [0.1, 0.15) is 5.01 Å². The van der Waals surface area contributed by atoms with E-state index < -0.39 is 11.7 Å². The van der Waals surface area contributed by atoms with Crippen LogP contribution in [0, 0.1) is 6.92 Å². The number of halogens is 3. The molecule has 0 aliphatic carbocycles. The Morgan fingerprint density at radius 3 is 2.56 bits per heavy atom. The summed E-state index contributed by atoms with van der Waals surface area (Å²) in [5.74, 6) is -0.627. The highest BCUT2D eigenvalue weighted by Crippen LogP contribution is 2.29. The van der Waals surface area contributed by atoms with Crippen LogP contribution in [0.25, 0.3) is 11.3 Å². The maximum Gasteiger partial charge on any atom is 0.416 e. The van der Waals surface area contributed by atoms with Gasteiger partial charge in [-0.2, -0.15) is 13.2 Å². The molecule has 8 nitrogen and oxygen atoms in total. The van der Waals surface area contributed by atoms with Crippen LogP contribution in [0.15, 0.2) is 66.4 Å². The summed E-state index contributed by atoms with van der Waals surface area (Å²) in [6.45, 7) is 3.32. The molecule has 41 heavy (non-hydrogen) atoms. The third-order valence-corrected chi connectivity index (χ3v) is 7.04. The predicted molar refractivity (Wildman–Crippen MR) is 150 cm³/mol. The molecule has 0 bridgehead atoms. The first-order chi connectivity index (χ1) is 19.6. The lowest BCUT2D eigenvalue weighted by atomic mass is 10.0. The quantitative estimate of drug-likeness (QED) is 0.239. The van der Waals surface area contributed by atoms with Crippen LogP contribution in [-0.2, 0) is 19.3 Å². The van der Waals surface area contributed by atoms with Crippen LogP contribution in [0.4, 0.5) is 13.2 Å². The Morgan fingerprint density at radius 1 is 1.05 bits per heavy atom. The van der Waals surface area contributed by atoms with Gasteiger partial charge in [-0.1, -0.05) is 18.2 Å². The van der Waals surface area contributed by atoms with E-state index in [-0.39, 0.29) is 18.4 Å². The smallest absolute Gasteiger partial charge is 0.352 e. The number of hydrogen-bond donors (Lipinski definition) is 2. The van der Waals surface area contributed by atoms with Gasteiger partial charge in [0, 0.05) is 60.3 Å². The van der Waals surface area contributed by atoms with Crippen molar-refractivity contribution in [1.29, 1.82) is 0 Å². The van der Waals surface area contributed by atoms with Gasteiger partial charge in [0.15, 0.2) is 0 Å². The van der Waals surface area contributed by atoms with Crippen molar-refractivity contribution < 1.29 is 22.8 Å². The van der Waals surface area contributed by atoms with Crippen LogP contribution in [-0.4, -0.2) is 51.8 Å². The monoisotopic (exact) mass is 582 g/mol. The lowest BCUT2D eigenvalue weighted by Gasteiger charge is -2.17. The van der Waals surface area contributed by atoms with Crippen LogP contribution in [0.5, 0.6) is 0 Å². The van der Waals surface area contributed by atoms with Gasteiger partial charge in [0.05, 0.1) is 24.0 Å². The van der Waals surface area contributed by atoms with Crippen molar-refractivity contribution in [3.05, 3.63) is 99.4 Å². The van der Waals surface area contributed by atoms with Gasteiger partial charge in [-0.25, -0.2) is 4.98 Å². The number of carbonyl (C=O) groups is 2. The molecule has 4 rings (SSSR count). The first-order valence-corrected chi connectivity index (χ1v) is 13.7. The van der Waals surface area contributed by atoms with Crippen LogP contribution in [0.1, 0.15) is 49.0 Å². The summed E-state index contributed by atoms with van der Waals surface area (Å²) in [4.78, 5) is 40.7. The molecule has 0 radical (unpaired) electrons. The molecule has 0 saturated carbocycles. The molecule has 2 amide bonds. The fourth-order valence-corrected chi connectivity index (χ4v) is 4.88. The molecule has 0 fully saturated rings. The number of amides is 2. The molecule has 214 valence electrons. The van der Waals surface area contributed by atoms with E-state index in [9.17, 15) is 22.8 Å². The summed E-state index contributed by atoms with van der Waals surface area (Å²) in [5, 5.41) is 8.67. The first kappa shape index (κ1) is 29.8. The molecular formula is C29H29F3N6O2S. The number of hydrogen-bond acceptors (Lipinski definition) is 7. The average molecular weight is 583 g/mol. The van der Waals surface area contributed by atoms with E-state index in [0.29, 0.717) is 54.0 Å². The van der Waals surface area contributed by atoms with Crippen molar-refractivity contribution in [3.63, 3.8) is 0 Å². The van der Waals surface area contributed by atoms with Crippen LogP contribution in [0.2, 0.25) is 0 Å². The molecule has 0 spiro atoms. The third kappa shape index (κ3) is 8.41. The van der Waals surface area contributed by atoms with E-state index in [2.05, 4.69) is 25.6 Å². The Morgan fingerprint density at radius 2 is 1.85 bits per heavy atom. The largest absolute Gasteiger partial charge is 0.416 e. The molecule has 0 aliphatic heterocycles. The lowest BCUT2D eigenvalue weighted by molar-refractivity contribution is -0.137. The second-order valence-corrected chi connectivity index (χ2v) is 10.4. The van der Waals surface area contributed by atoms with Crippen molar-refractivity contribution in [1.82, 2.24) is 30.5 Å². The molecule has 0 atom stereocenters. The fourth-order valence-electron chi connectivity index (χ4n) is 4.06. The molecule has 12 heteroatoms. The van der Waals surface area contributed by atoms with Crippen LogP contribution < -0.4 is 10.6 Å². The van der Waals surface area contributed by atoms with Gasteiger partial charge in [-0.3, -0.25) is 19.6 Å². The highest BCUT2D eigenvalue weighted by Gasteiger charge is 2.30. The Hall–Kier alpha value is -4.16. The minimum Gasteiger partial charge on any atom is -0.352 e. The fraction of sp³-hybridized carbons (Fsp3) is 0.276.